The van der Waals surface area contributed by atoms with Crippen LogP contribution < -0.4 is 20.3 Å². The average molecular weight is 296 g/mol. The van der Waals surface area contributed by atoms with Crippen LogP contribution in [0.4, 0.5) is 0 Å². The minimum absolute atomic E-state index is 0.129. The van der Waals surface area contributed by atoms with Crippen LogP contribution >= 0.6 is 0 Å². The third-order valence-corrected chi connectivity index (χ3v) is 2.34. The van der Waals surface area contributed by atoms with Gasteiger partial charge in [-0.1, -0.05) is 6.07 Å². The van der Waals surface area contributed by atoms with E-state index in [-0.39, 0.29) is 11.3 Å². The third kappa shape index (κ3) is 4.68. The van der Waals surface area contributed by atoms with E-state index in [1.165, 1.54) is 27.2 Å². The number of nitrogens with one attached hydrogen (secondary N) is 2. The minimum Gasteiger partial charge on any atom is -0.493 e. The van der Waals surface area contributed by atoms with Gasteiger partial charge in [-0.15, -0.1) is 0 Å². The Kier molecular flexibility index (Phi) is 5.99. The van der Waals surface area contributed by atoms with Gasteiger partial charge in [0.15, 0.2) is 18.1 Å². The first kappa shape index (κ1) is 16.3. The number of amides is 2. The summed E-state index contributed by atoms with van der Waals surface area (Å²) < 4.78 is 15.0. The van der Waals surface area contributed by atoms with Crippen LogP contribution in [0.1, 0.15) is 17.3 Å². The summed E-state index contributed by atoms with van der Waals surface area (Å²) in [6.07, 6.45) is 0. The summed E-state index contributed by atoms with van der Waals surface area (Å²) >= 11 is 0. The van der Waals surface area contributed by atoms with Crippen molar-refractivity contribution < 1.29 is 28.6 Å². The maximum absolute atomic E-state index is 11.9. The Labute approximate surface area is 121 Å². The molecular weight excluding hydrogens is 280 g/mol. The van der Waals surface area contributed by atoms with Crippen LogP contribution in [0.2, 0.25) is 0 Å². The van der Waals surface area contributed by atoms with Gasteiger partial charge in [0.1, 0.15) is 5.56 Å². The number of rotatable bonds is 5. The molecule has 1 aromatic carbocycles. The van der Waals surface area contributed by atoms with Gasteiger partial charge in [-0.3, -0.25) is 20.4 Å². The molecule has 21 heavy (non-hydrogen) atoms. The number of hydrazine groups is 1. The van der Waals surface area contributed by atoms with Crippen molar-refractivity contribution >= 4 is 17.8 Å². The van der Waals surface area contributed by atoms with E-state index in [4.69, 9.17) is 14.2 Å². The van der Waals surface area contributed by atoms with Gasteiger partial charge < -0.3 is 14.2 Å². The van der Waals surface area contributed by atoms with E-state index >= 15 is 0 Å². The molecule has 1 aromatic rings. The fourth-order valence-electron chi connectivity index (χ4n) is 1.45. The van der Waals surface area contributed by atoms with Gasteiger partial charge in [0.2, 0.25) is 5.91 Å². The van der Waals surface area contributed by atoms with Crippen LogP contribution in [0.3, 0.4) is 0 Å². The molecule has 2 N–H and O–H groups in total. The van der Waals surface area contributed by atoms with Gasteiger partial charge in [-0.05, 0) is 12.1 Å². The Hall–Kier alpha value is -2.77. The summed E-state index contributed by atoms with van der Waals surface area (Å²) in [6.45, 7) is 0.687. The monoisotopic (exact) mass is 296 g/mol. The number of hydrogen-bond donors (Lipinski definition) is 2. The molecular formula is C13H16N2O6. The Morgan fingerprint density at radius 2 is 1.81 bits per heavy atom. The molecule has 0 fully saturated rings. The molecule has 0 aliphatic rings. The highest BCUT2D eigenvalue weighted by Crippen LogP contribution is 2.30. The van der Waals surface area contributed by atoms with Gasteiger partial charge in [0.05, 0.1) is 14.2 Å². The van der Waals surface area contributed by atoms with E-state index < -0.39 is 24.4 Å². The lowest BCUT2D eigenvalue weighted by Gasteiger charge is -2.12. The van der Waals surface area contributed by atoms with Crippen molar-refractivity contribution in [1.82, 2.24) is 10.9 Å². The Bertz CT molecular complexity index is 543. The average Bonchev–Trinajstić information content (AvgIpc) is 2.49. The number of hydrogen-bond acceptors (Lipinski definition) is 6. The SMILES string of the molecule is COc1cccc(C(=O)OCC(=O)NNC(C)=O)c1OC. The highest BCUT2D eigenvalue weighted by molar-refractivity contribution is 5.95. The fraction of sp³-hybridized carbons (Fsp3) is 0.308. The second-order valence-electron chi connectivity index (χ2n) is 3.85. The normalized spacial score (nSPS) is 9.48. The first-order valence-corrected chi connectivity index (χ1v) is 5.93. The van der Waals surface area contributed by atoms with Crippen LogP contribution in [0.15, 0.2) is 18.2 Å². The number of esters is 1. The molecule has 8 heteroatoms. The Balaban J connectivity index is 2.68. The summed E-state index contributed by atoms with van der Waals surface area (Å²) in [5.41, 5.74) is 4.27. The molecule has 0 spiro atoms. The van der Waals surface area contributed by atoms with Gasteiger partial charge in [-0.2, -0.15) is 0 Å². The number of benzene rings is 1. The summed E-state index contributed by atoms with van der Waals surface area (Å²) in [6, 6.07) is 4.70. The molecule has 0 bridgehead atoms. The predicted molar refractivity (Wildman–Crippen MR) is 71.8 cm³/mol. The first-order valence-electron chi connectivity index (χ1n) is 5.93. The second-order valence-corrected chi connectivity index (χ2v) is 3.85. The van der Waals surface area contributed by atoms with E-state index in [0.29, 0.717) is 5.75 Å². The second kappa shape index (κ2) is 7.73. The van der Waals surface area contributed by atoms with Crippen LogP contribution in [-0.4, -0.2) is 38.6 Å². The predicted octanol–water partition coefficient (Wildman–Crippen LogP) is 0.0279. The quantitative estimate of drug-likeness (QED) is 0.587. The number of para-hydroxylation sites is 1. The molecule has 0 aliphatic carbocycles. The summed E-state index contributed by atoms with van der Waals surface area (Å²) in [5.74, 6) is -1.27. The van der Waals surface area contributed by atoms with Gasteiger partial charge in [0.25, 0.3) is 5.91 Å². The molecule has 0 aromatic heterocycles. The van der Waals surface area contributed by atoms with Crippen molar-refractivity contribution in [2.24, 2.45) is 0 Å². The molecule has 0 heterocycles. The van der Waals surface area contributed by atoms with Crippen LogP contribution in [0.5, 0.6) is 11.5 Å². The summed E-state index contributed by atoms with van der Waals surface area (Å²) in [5, 5.41) is 0. The molecule has 0 atom stereocenters. The number of carbonyl (C=O) groups excluding carboxylic acids is 3. The number of carbonyl (C=O) groups is 3. The lowest BCUT2D eigenvalue weighted by molar-refractivity contribution is -0.129. The van der Waals surface area contributed by atoms with Gasteiger partial charge in [-0.25, -0.2) is 4.79 Å². The molecule has 114 valence electrons. The van der Waals surface area contributed by atoms with Crippen molar-refractivity contribution in [2.75, 3.05) is 20.8 Å². The van der Waals surface area contributed by atoms with Crippen LogP contribution in [0.25, 0.3) is 0 Å². The third-order valence-electron chi connectivity index (χ3n) is 2.34. The lowest BCUT2D eigenvalue weighted by atomic mass is 10.2. The van der Waals surface area contributed by atoms with Crippen molar-refractivity contribution in [3.63, 3.8) is 0 Å². The molecule has 0 unspecified atom stereocenters. The Morgan fingerprint density at radius 1 is 1.10 bits per heavy atom. The highest BCUT2D eigenvalue weighted by Gasteiger charge is 2.18. The topological polar surface area (TPSA) is 103 Å². The smallest absolute Gasteiger partial charge is 0.342 e. The van der Waals surface area contributed by atoms with Crippen LogP contribution in [0, 0.1) is 0 Å². The van der Waals surface area contributed by atoms with E-state index in [2.05, 4.69) is 10.9 Å². The maximum atomic E-state index is 11.9. The number of methoxy groups -OCH3 is 2. The maximum Gasteiger partial charge on any atom is 0.342 e. The lowest BCUT2D eigenvalue weighted by Crippen LogP contribution is -2.42. The molecule has 0 saturated heterocycles. The van der Waals surface area contributed by atoms with Gasteiger partial charge >= 0.3 is 5.97 Å². The van der Waals surface area contributed by atoms with E-state index in [9.17, 15) is 14.4 Å². The zero-order valence-electron chi connectivity index (χ0n) is 11.9. The standard InChI is InChI=1S/C13H16N2O6/c1-8(16)14-15-11(17)7-21-13(18)9-5-4-6-10(19-2)12(9)20-3/h4-6H,7H2,1-3H3,(H,14,16)(H,15,17). The number of ether oxygens (including phenoxy) is 3. The largest absolute Gasteiger partial charge is 0.493 e. The van der Waals surface area contributed by atoms with E-state index in [1.807, 2.05) is 0 Å². The molecule has 1 rings (SSSR count). The Morgan fingerprint density at radius 3 is 2.38 bits per heavy atom. The summed E-state index contributed by atoms with van der Waals surface area (Å²) in [7, 11) is 2.83. The van der Waals surface area contributed by atoms with E-state index in [1.54, 1.807) is 12.1 Å². The van der Waals surface area contributed by atoms with E-state index in [0.717, 1.165) is 0 Å². The molecule has 0 saturated carbocycles. The summed E-state index contributed by atoms with van der Waals surface area (Å²) in [4.78, 5) is 33.8. The highest BCUT2D eigenvalue weighted by atomic mass is 16.5. The zero-order valence-corrected chi connectivity index (χ0v) is 11.9. The minimum atomic E-state index is -0.747. The first-order chi connectivity index (χ1) is 9.99. The fourth-order valence-corrected chi connectivity index (χ4v) is 1.45. The molecule has 2 amide bonds. The van der Waals surface area contributed by atoms with Crippen molar-refractivity contribution in [1.29, 1.82) is 0 Å². The molecule has 8 nitrogen and oxygen atoms in total. The van der Waals surface area contributed by atoms with Crippen molar-refractivity contribution in [3.05, 3.63) is 23.8 Å². The molecule has 0 aliphatic heterocycles. The van der Waals surface area contributed by atoms with Crippen LogP contribution in [-0.2, 0) is 14.3 Å². The van der Waals surface area contributed by atoms with Crippen molar-refractivity contribution in [2.45, 2.75) is 6.92 Å². The van der Waals surface area contributed by atoms with Crippen molar-refractivity contribution in [3.8, 4) is 11.5 Å². The zero-order chi connectivity index (χ0) is 15.8. The van der Waals surface area contributed by atoms with Gasteiger partial charge in [0, 0.05) is 6.92 Å². The molecule has 0 radical (unpaired) electrons.